The number of H-pyrrole nitrogens is 1. The van der Waals surface area contributed by atoms with Crippen LogP contribution in [0.4, 0.5) is 5.69 Å². The van der Waals surface area contributed by atoms with Crippen molar-refractivity contribution >= 4 is 40.0 Å². The maximum absolute atomic E-state index is 13.4. The minimum absolute atomic E-state index is 0.0732. The van der Waals surface area contributed by atoms with Crippen LogP contribution >= 0.6 is 11.6 Å². The van der Waals surface area contributed by atoms with Crippen molar-refractivity contribution in [1.29, 1.82) is 0 Å². The number of nitrogens with one attached hydrogen (secondary N) is 2. The molecule has 6 nitrogen and oxygen atoms in total. The van der Waals surface area contributed by atoms with Gasteiger partial charge in [-0.3, -0.25) is 9.59 Å². The quantitative estimate of drug-likeness (QED) is 0.588. The van der Waals surface area contributed by atoms with E-state index in [4.69, 9.17) is 16.3 Å². The number of amides is 2. The Labute approximate surface area is 190 Å². The fourth-order valence-corrected chi connectivity index (χ4v) is 5.54. The molecule has 0 radical (unpaired) electrons. The molecule has 2 amide bonds. The zero-order valence-electron chi connectivity index (χ0n) is 17.3. The average molecular weight is 448 g/mol. The van der Waals surface area contributed by atoms with Gasteiger partial charge in [-0.25, -0.2) is 0 Å². The maximum Gasteiger partial charge on any atom is 0.234 e. The molecule has 1 spiro atoms. The number of aromatic amines is 1. The Hall–Kier alpha value is -3.09. The molecule has 6 rings (SSSR count). The molecular weight excluding hydrogens is 426 g/mol. The van der Waals surface area contributed by atoms with Gasteiger partial charge >= 0.3 is 0 Å². The summed E-state index contributed by atoms with van der Waals surface area (Å²) in [6.07, 6.45) is 6.24. The highest BCUT2D eigenvalue weighted by atomic mass is 35.5. The fraction of sp³-hybridized carbons (Fsp3) is 0.280. The van der Waals surface area contributed by atoms with Crippen LogP contribution in [-0.4, -0.2) is 41.6 Å². The lowest BCUT2D eigenvalue weighted by atomic mass is 9.77. The summed E-state index contributed by atoms with van der Waals surface area (Å²) in [5.74, 6) is -1.23. The van der Waals surface area contributed by atoms with E-state index in [1.807, 2.05) is 48.7 Å². The third kappa shape index (κ3) is 2.90. The first-order chi connectivity index (χ1) is 15.6. The van der Waals surface area contributed by atoms with Crippen LogP contribution in [0.1, 0.15) is 5.56 Å². The Kier molecular flexibility index (Phi) is 4.42. The molecule has 32 heavy (non-hydrogen) atoms. The highest BCUT2D eigenvalue weighted by Crippen LogP contribution is 2.52. The van der Waals surface area contributed by atoms with Crippen LogP contribution in [0.2, 0.25) is 5.02 Å². The van der Waals surface area contributed by atoms with E-state index in [0.29, 0.717) is 24.5 Å². The van der Waals surface area contributed by atoms with Crippen molar-refractivity contribution in [2.75, 3.05) is 18.0 Å². The Morgan fingerprint density at radius 1 is 1.22 bits per heavy atom. The second-order valence-electron chi connectivity index (χ2n) is 8.70. The number of nitrogens with zero attached hydrogens (tertiary/aromatic N) is 1. The summed E-state index contributed by atoms with van der Waals surface area (Å²) in [5.41, 5.74) is 2.27. The monoisotopic (exact) mass is 447 g/mol. The van der Waals surface area contributed by atoms with Gasteiger partial charge in [0.25, 0.3) is 0 Å². The number of carbonyl (C=O) groups is 2. The molecule has 2 aromatic carbocycles. The van der Waals surface area contributed by atoms with E-state index in [1.54, 1.807) is 17.0 Å². The molecule has 3 aliphatic rings. The maximum atomic E-state index is 13.4. The van der Waals surface area contributed by atoms with E-state index in [0.717, 1.165) is 22.2 Å². The van der Waals surface area contributed by atoms with Crippen molar-refractivity contribution in [1.82, 2.24) is 10.3 Å². The smallest absolute Gasteiger partial charge is 0.234 e. The van der Waals surface area contributed by atoms with Crippen LogP contribution in [0.3, 0.4) is 0 Å². The lowest BCUT2D eigenvalue weighted by Crippen LogP contribution is -2.44. The van der Waals surface area contributed by atoms with Crippen LogP contribution < -0.4 is 10.2 Å². The largest absolute Gasteiger partial charge is 0.361 e. The van der Waals surface area contributed by atoms with Gasteiger partial charge in [0.2, 0.25) is 11.8 Å². The third-order valence-corrected chi connectivity index (χ3v) is 7.16. The van der Waals surface area contributed by atoms with Crippen LogP contribution in [-0.2, 0) is 20.7 Å². The summed E-state index contributed by atoms with van der Waals surface area (Å²) >= 11 is 6.00. The number of aromatic nitrogens is 1. The highest BCUT2D eigenvalue weighted by molar-refractivity contribution is 6.30. The van der Waals surface area contributed by atoms with E-state index >= 15 is 0 Å². The van der Waals surface area contributed by atoms with Crippen LogP contribution in [0.25, 0.3) is 10.9 Å². The first kappa shape index (κ1) is 19.6. The second-order valence-corrected chi connectivity index (χ2v) is 9.14. The summed E-state index contributed by atoms with van der Waals surface area (Å²) in [6, 6.07) is 15.3. The van der Waals surface area contributed by atoms with Gasteiger partial charge in [-0.2, -0.15) is 0 Å². The van der Waals surface area contributed by atoms with Crippen molar-refractivity contribution in [2.24, 2.45) is 11.8 Å². The fourth-order valence-electron chi connectivity index (χ4n) is 5.41. The number of hydrogen-bond acceptors (Lipinski definition) is 3. The van der Waals surface area contributed by atoms with Crippen molar-refractivity contribution in [3.05, 3.63) is 77.5 Å². The molecule has 2 fully saturated rings. The lowest BCUT2D eigenvalue weighted by molar-refractivity contribution is -0.131. The van der Waals surface area contributed by atoms with Crippen molar-refractivity contribution in [2.45, 2.75) is 18.1 Å². The number of halogens is 1. The van der Waals surface area contributed by atoms with Gasteiger partial charge in [0.15, 0.2) is 0 Å². The van der Waals surface area contributed by atoms with Gasteiger partial charge in [0.1, 0.15) is 5.60 Å². The third-order valence-electron chi connectivity index (χ3n) is 6.91. The number of hydrogen-bond donors (Lipinski definition) is 2. The zero-order valence-corrected chi connectivity index (χ0v) is 18.0. The molecule has 0 aliphatic carbocycles. The van der Waals surface area contributed by atoms with Gasteiger partial charge in [-0.05, 0) is 42.3 Å². The number of rotatable bonds is 5. The zero-order chi connectivity index (χ0) is 21.9. The number of para-hydroxylation sites is 1. The van der Waals surface area contributed by atoms with Gasteiger partial charge in [-0.1, -0.05) is 42.0 Å². The SMILES string of the molecule is O=C(NCCc1c[nH]c2ccccc12)[C@H]1[C@H]2C=C[C@@]3(CN(c4ccc(Cl)cc4)C(=O)[C@@H]13)O2. The number of carbonyl (C=O) groups excluding carboxylic acids is 2. The van der Waals surface area contributed by atoms with E-state index < -0.39 is 17.4 Å². The molecular formula is C25H22ClN3O3. The predicted molar refractivity (Wildman–Crippen MR) is 123 cm³/mol. The summed E-state index contributed by atoms with van der Waals surface area (Å²) < 4.78 is 6.21. The molecule has 162 valence electrons. The van der Waals surface area contributed by atoms with Gasteiger partial charge in [-0.15, -0.1) is 0 Å². The van der Waals surface area contributed by atoms with Crippen molar-refractivity contribution in [3.63, 3.8) is 0 Å². The first-order valence-corrected chi connectivity index (χ1v) is 11.2. The first-order valence-electron chi connectivity index (χ1n) is 10.8. The summed E-state index contributed by atoms with van der Waals surface area (Å²) in [4.78, 5) is 31.5. The topological polar surface area (TPSA) is 74.4 Å². The molecule has 3 aromatic rings. The lowest BCUT2D eigenvalue weighted by Gasteiger charge is -2.23. The Balaban J connectivity index is 1.18. The van der Waals surface area contributed by atoms with Gasteiger partial charge < -0.3 is 19.9 Å². The normalized spacial score (nSPS) is 28.0. The van der Waals surface area contributed by atoms with Crippen LogP contribution in [0.15, 0.2) is 66.9 Å². The predicted octanol–water partition coefficient (Wildman–Crippen LogP) is 3.47. The summed E-state index contributed by atoms with van der Waals surface area (Å²) in [6.45, 7) is 0.909. The number of anilines is 1. The number of benzene rings is 2. The van der Waals surface area contributed by atoms with Gasteiger partial charge in [0, 0.05) is 34.4 Å². The van der Waals surface area contributed by atoms with E-state index in [2.05, 4.69) is 16.4 Å². The molecule has 4 heterocycles. The van der Waals surface area contributed by atoms with Crippen LogP contribution in [0.5, 0.6) is 0 Å². The molecule has 4 atom stereocenters. The minimum Gasteiger partial charge on any atom is -0.361 e. The van der Waals surface area contributed by atoms with Crippen molar-refractivity contribution in [3.8, 4) is 0 Å². The number of fused-ring (bicyclic) bond motifs is 2. The molecule has 1 aromatic heterocycles. The molecule has 3 aliphatic heterocycles. The Morgan fingerprint density at radius 2 is 2.03 bits per heavy atom. The van der Waals surface area contributed by atoms with E-state index in [-0.39, 0.29) is 17.9 Å². The molecule has 0 saturated carbocycles. The average Bonchev–Trinajstić information content (AvgIpc) is 3.54. The van der Waals surface area contributed by atoms with Gasteiger partial charge in [0.05, 0.1) is 24.5 Å². The Bertz CT molecular complexity index is 1250. The number of ether oxygens (including phenoxy) is 1. The summed E-state index contributed by atoms with van der Waals surface area (Å²) in [7, 11) is 0. The van der Waals surface area contributed by atoms with Crippen molar-refractivity contribution < 1.29 is 14.3 Å². The molecule has 2 N–H and O–H groups in total. The second kappa shape index (κ2) is 7.22. The molecule has 7 heteroatoms. The minimum atomic E-state index is -0.736. The molecule has 2 bridgehead atoms. The Morgan fingerprint density at radius 3 is 2.88 bits per heavy atom. The highest BCUT2D eigenvalue weighted by Gasteiger charge is 2.67. The van der Waals surface area contributed by atoms with E-state index in [1.165, 1.54) is 0 Å². The van der Waals surface area contributed by atoms with E-state index in [9.17, 15) is 9.59 Å². The van der Waals surface area contributed by atoms with Crippen LogP contribution in [0, 0.1) is 11.8 Å². The standard InChI is InChI=1S/C25H22ClN3O3/c26-16-5-7-17(8-6-16)29-14-25-11-9-20(32-25)21(22(25)24(29)31)23(30)27-12-10-15-13-28-19-4-2-1-3-18(15)19/h1-9,11,13,20-22,28H,10,12,14H2,(H,27,30)/t20-,21+,22-,25+/m1/s1. The summed E-state index contributed by atoms with van der Waals surface area (Å²) in [5, 5.41) is 4.83. The molecule has 0 unspecified atom stereocenters. The molecule has 2 saturated heterocycles.